The second-order valence-electron chi connectivity index (χ2n) is 4.96. The van der Waals surface area contributed by atoms with Crippen LogP contribution in [0.1, 0.15) is 18.4 Å². The van der Waals surface area contributed by atoms with Gasteiger partial charge in [0.2, 0.25) is 0 Å². The number of hydrogen-bond donors (Lipinski definition) is 2. The highest BCUT2D eigenvalue weighted by molar-refractivity contribution is 9.11. The van der Waals surface area contributed by atoms with E-state index >= 15 is 0 Å². The quantitative estimate of drug-likeness (QED) is 0.733. The summed E-state index contributed by atoms with van der Waals surface area (Å²) in [4.78, 5) is 11.7. The van der Waals surface area contributed by atoms with Crippen molar-refractivity contribution >= 4 is 37.8 Å². The summed E-state index contributed by atoms with van der Waals surface area (Å²) in [6.07, 6.45) is 2.45. The summed E-state index contributed by atoms with van der Waals surface area (Å²) in [5, 5.41) is 5.98. The van der Waals surface area contributed by atoms with Crippen molar-refractivity contribution < 1.29 is 9.53 Å². The third kappa shape index (κ3) is 4.75. The van der Waals surface area contributed by atoms with Crippen LogP contribution in [0.25, 0.3) is 0 Å². The van der Waals surface area contributed by atoms with E-state index in [0.29, 0.717) is 11.7 Å². The lowest BCUT2D eigenvalue weighted by molar-refractivity contribution is -0.123. The van der Waals surface area contributed by atoms with Crippen molar-refractivity contribution in [2.45, 2.75) is 19.4 Å². The molecule has 110 valence electrons. The van der Waals surface area contributed by atoms with Crippen molar-refractivity contribution in [2.75, 3.05) is 20.2 Å². The molecule has 1 aromatic carbocycles. The Bertz CT molecular complexity index is 467. The number of ether oxygens (including phenoxy) is 1. The van der Waals surface area contributed by atoms with Crippen LogP contribution < -0.4 is 15.4 Å². The van der Waals surface area contributed by atoms with E-state index in [1.165, 1.54) is 12.8 Å². The fourth-order valence-electron chi connectivity index (χ4n) is 1.83. The van der Waals surface area contributed by atoms with E-state index in [2.05, 4.69) is 42.5 Å². The van der Waals surface area contributed by atoms with E-state index in [1.807, 2.05) is 19.2 Å². The molecule has 0 aliphatic heterocycles. The van der Waals surface area contributed by atoms with Crippen LogP contribution in [0.4, 0.5) is 0 Å². The third-order valence-corrected chi connectivity index (χ3v) is 4.25. The highest BCUT2D eigenvalue weighted by atomic mass is 79.9. The minimum atomic E-state index is -0.0741. The van der Waals surface area contributed by atoms with E-state index in [0.717, 1.165) is 27.6 Å². The maximum absolute atomic E-state index is 11.7. The predicted octanol–water partition coefficient (Wildman–Crippen LogP) is 2.84. The normalized spacial score (nSPS) is 14.2. The molecule has 4 nitrogen and oxygen atoms in total. The smallest absolute Gasteiger partial charge is 0.257 e. The number of benzene rings is 1. The molecule has 0 heterocycles. The first kappa shape index (κ1) is 15.8. The molecular formula is C14H18Br2N2O2. The van der Waals surface area contributed by atoms with Crippen LogP contribution in [-0.4, -0.2) is 26.1 Å². The zero-order valence-electron chi connectivity index (χ0n) is 11.3. The first-order valence-electron chi connectivity index (χ1n) is 6.62. The van der Waals surface area contributed by atoms with E-state index in [4.69, 9.17) is 4.74 Å². The van der Waals surface area contributed by atoms with Gasteiger partial charge in [-0.25, -0.2) is 0 Å². The standard InChI is InChI=1S/C14H18Br2N2O2/c1-17-6-10-4-11(15)14(12(16)5-10)20-8-13(19)18-7-9-2-3-9/h4-5,9,17H,2-3,6-8H2,1H3,(H,18,19). The molecule has 1 aliphatic carbocycles. The van der Waals surface area contributed by atoms with Gasteiger partial charge >= 0.3 is 0 Å². The lowest BCUT2D eigenvalue weighted by atomic mass is 10.2. The van der Waals surface area contributed by atoms with Crippen molar-refractivity contribution in [3.8, 4) is 5.75 Å². The molecule has 0 unspecified atom stereocenters. The molecule has 0 radical (unpaired) electrons. The third-order valence-electron chi connectivity index (χ3n) is 3.07. The molecule has 2 N–H and O–H groups in total. The number of rotatable bonds is 7. The largest absolute Gasteiger partial charge is 0.481 e. The average molecular weight is 406 g/mol. The van der Waals surface area contributed by atoms with Crippen molar-refractivity contribution in [1.82, 2.24) is 10.6 Å². The summed E-state index contributed by atoms with van der Waals surface area (Å²) < 4.78 is 7.27. The maximum Gasteiger partial charge on any atom is 0.257 e. The van der Waals surface area contributed by atoms with Crippen LogP contribution in [-0.2, 0) is 11.3 Å². The highest BCUT2D eigenvalue weighted by Gasteiger charge is 2.21. The molecule has 0 atom stereocenters. The van der Waals surface area contributed by atoms with Crippen LogP contribution in [0.3, 0.4) is 0 Å². The van der Waals surface area contributed by atoms with E-state index < -0.39 is 0 Å². The molecular weight excluding hydrogens is 388 g/mol. The molecule has 0 aromatic heterocycles. The zero-order valence-corrected chi connectivity index (χ0v) is 14.5. The number of amides is 1. The monoisotopic (exact) mass is 404 g/mol. The molecule has 2 rings (SSSR count). The Kier molecular flexibility index (Phi) is 5.86. The van der Waals surface area contributed by atoms with Crippen molar-refractivity contribution in [3.63, 3.8) is 0 Å². The molecule has 0 spiro atoms. The minimum Gasteiger partial charge on any atom is -0.481 e. The van der Waals surface area contributed by atoms with Crippen molar-refractivity contribution in [1.29, 1.82) is 0 Å². The van der Waals surface area contributed by atoms with Gasteiger partial charge in [0.25, 0.3) is 5.91 Å². The maximum atomic E-state index is 11.7. The van der Waals surface area contributed by atoms with Crippen molar-refractivity contribution in [3.05, 3.63) is 26.6 Å². The van der Waals surface area contributed by atoms with Crippen LogP contribution >= 0.6 is 31.9 Å². The van der Waals surface area contributed by atoms with Gasteiger partial charge in [0.05, 0.1) is 8.95 Å². The van der Waals surface area contributed by atoms with E-state index in [-0.39, 0.29) is 12.5 Å². The van der Waals surface area contributed by atoms with Crippen LogP contribution in [0.15, 0.2) is 21.1 Å². The summed E-state index contributed by atoms with van der Waals surface area (Å²) in [5.41, 5.74) is 1.14. The minimum absolute atomic E-state index is 0.0370. The Morgan fingerprint density at radius 3 is 2.55 bits per heavy atom. The Morgan fingerprint density at radius 1 is 1.35 bits per heavy atom. The van der Waals surface area contributed by atoms with Gasteiger partial charge in [0, 0.05) is 13.1 Å². The second-order valence-corrected chi connectivity index (χ2v) is 6.66. The summed E-state index contributed by atoms with van der Waals surface area (Å²) in [6, 6.07) is 3.97. The first-order chi connectivity index (χ1) is 9.60. The topological polar surface area (TPSA) is 50.4 Å². The molecule has 1 fully saturated rings. The fraction of sp³-hybridized carbons (Fsp3) is 0.500. The van der Waals surface area contributed by atoms with Gasteiger partial charge in [-0.3, -0.25) is 4.79 Å². The number of carbonyl (C=O) groups excluding carboxylic acids is 1. The van der Waals surface area contributed by atoms with E-state index in [1.54, 1.807) is 0 Å². The number of halogens is 2. The number of carbonyl (C=O) groups is 1. The van der Waals surface area contributed by atoms with Gasteiger partial charge in [-0.1, -0.05) is 0 Å². The van der Waals surface area contributed by atoms with E-state index in [9.17, 15) is 4.79 Å². The Balaban J connectivity index is 1.89. The fourth-order valence-corrected chi connectivity index (χ4v) is 3.34. The lowest BCUT2D eigenvalue weighted by Gasteiger charge is -2.12. The molecule has 1 aromatic rings. The van der Waals surface area contributed by atoms with Gasteiger partial charge in [0.1, 0.15) is 5.75 Å². The van der Waals surface area contributed by atoms with Gasteiger partial charge in [-0.15, -0.1) is 0 Å². The van der Waals surface area contributed by atoms with Crippen LogP contribution in [0, 0.1) is 5.92 Å². The summed E-state index contributed by atoms with van der Waals surface area (Å²) in [7, 11) is 1.90. The predicted molar refractivity (Wildman–Crippen MR) is 85.8 cm³/mol. The molecule has 6 heteroatoms. The van der Waals surface area contributed by atoms with Gasteiger partial charge in [-0.2, -0.15) is 0 Å². The van der Waals surface area contributed by atoms with Gasteiger partial charge in [-0.05, 0) is 75.4 Å². The number of nitrogens with one attached hydrogen (secondary N) is 2. The van der Waals surface area contributed by atoms with Crippen LogP contribution in [0.2, 0.25) is 0 Å². The molecule has 0 saturated heterocycles. The Morgan fingerprint density at radius 2 is 2.00 bits per heavy atom. The first-order valence-corrected chi connectivity index (χ1v) is 8.20. The van der Waals surface area contributed by atoms with Crippen molar-refractivity contribution in [2.24, 2.45) is 5.92 Å². The summed E-state index contributed by atoms with van der Waals surface area (Å²) in [6.45, 7) is 1.58. The molecule has 1 saturated carbocycles. The average Bonchev–Trinajstić information content (AvgIpc) is 3.19. The molecule has 1 aliphatic rings. The second kappa shape index (κ2) is 7.43. The van der Waals surface area contributed by atoms with Gasteiger partial charge < -0.3 is 15.4 Å². The summed E-state index contributed by atoms with van der Waals surface area (Å²) in [5.74, 6) is 1.26. The highest BCUT2D eigenvalue weighted by Crippen LogP contribution is 2.34. The molecule has 20 heavy (non-hydrogen) atoms. The SMILES string of the molecule is CNCc1cc(Br)c(OCC(=O)NCC2CC2)c(Br)c1. The number of hydrogen-bond acceptors (Lipinski definition) is 3. The zero-order chi connectivity index (χ0) is 14.5. The Labute approximate surface area is 135 Å². The molecule has 1 amide bonds. The lowest BCUT2D eigenvalue weighted by Crippen LogP contribution is -2.30. The molecule has 0 bridgehead atoms. The van der Waals surface area contributed by atoms with Gasteiger partial charge in [0.15, 0.2) is 6.61 Å². The Hall–Kier alpha value is -0.590. The van der Waals surface area contributed by atoms with Crippen LogP contribution in [0.5, 0.6) is 5.75 Å². The summed E-state index contributed by atoms with van der Waals surface area (Å²) >= 11 is 6.95.